The number of halogens is 3. The summed E-state index contributed by atoms with van der Waals surface area (Å²) in [7, 11) is 0. The lowest BCUT2D eigenvalue weighted by atomic mass is 10.0. The lowest BCUT2D eigenvalue weighted by Crippen LogP contribution is -2.32. The van der Waals surface area contributed by atoms with Gasteiger partial charge in [0.25, 0.3) is 5.91 Å². The highest BCUT2D eigenvalue weighted by Gasteiger charge is 2.30. The molecule has 7 heteroatoms. The van der Waals surface area contributed by atoms with Crippen LogP contribution in [0.2, 0.25) is 0 Å². The van der Waals surface area contributed by atoms with Crippen LogP contribution < -0.4 is 14.8 Å². The molecule has 0 saturated heterocycles. The molecule has 4 nitrogen and oxygen atoms in total. The van der Waals surface area contributed by atoms with Crippen molar-refractivity contribution in [1.82, 2.24) is 5.32 Å². The molecule has 0 unspecified atom stereocenters. The maximum Gasteiger partial charge on any atom is 0.416 e. The van der Waals surface area contributed by atoms with Crippen molar-refractivity contribution in [3.05, 3.63) is 59.7 Å². The third kappa shape index (κ3) is 6.84. The molecule has 2 aromatic carbocycles. The van der Waals surface area contributed by atoms with Crippen LogP contribution in [0.25, 0.3) is 0 Å². The van der Waals surface area contributed by atoms with Gasteiger partial charge in [0.1, 0.15) is 18.1 Å². The minimum Gasteiger partial charge on any atom is -0.492 e. The number of carbonyl (C=O) groups is 1. The number of alkyl halides is 3. The summed E-state index contributed by atoms with van der Waals surface area (Å²) in [6.07, 6.45) is -4.42. The summed E-state index contributed by atoms with van der Waals surface area (Å²) in [6, 6.07) is 12.1. The van der Waals surface area contributed by atoms with Gasteiger partial charge in [-0.3, -0.25) is 4.79 Å². The molecule has 0 radical (unpaired) electrons. The summed E-state index contributed by atoms with van der Waals surface area (Å²) in [5, 5.41) is 2.59. The van der Waals surface area contributed by atoms with Gasteiger partial charge in [0.15, 0.2) is 6.61 Å². The van der Waals surface area contributed by atoms with Crippen LogP contribution >= 0.6 is 0 Å². The lowest BCUT2D eigenvalue weighted by molar-refractivity contribution is -0.137. The van der Waals surface area contributed by atoms with Crippen molar-refractivity contribution in [2.24, 2.45) is 0 Å². The minimum atomic E-state index is -4.42. The third-order valence-electron chi connectivity index (χ3n) is 3.77. The molecule has 2 aromatic rings. The van der Waals surface area contributed by atoms with E-state index in [1.165, 1.54) is 17.7 Å². The van der Waals surface area contributed by atoms with Gasteiger partial charge in [-0.05, 0) is 41.8 Å². The minimum absolute atomic E-state index is 0.0517. The molecule has 0 aromatic heterocycles. The smallest absolute Gasteiger partial charge is 0.416 e. The molecule has 0 spiro atoms. The second kappa shape index (κ2) is 9.30. The fourth-order valence-corrected chi connectivity index (χ4v) is 2.27. The molecule has 1 amide bonds. The van der Waals surface area contributed by atoms with Crippen LogP contribution in [0.1, 0.15) is 30.9 Å². The molecule has 2 rings (SSSR count). The van der Waals surface area contributed by atoms with Crippen molar-refractivity contribution in [2.45, 2.75) is 25.9 Å². The van der Waals surface area contributed by atoms with Gasteiger partial charge in [-0.15, -0.1) is 0 Å². The molecule has 0 fully saturated rings. The third-order valence-corrected chi connectivity index (χ3v) is 3.77. The molecular weight excluding hydrogens is 359 g/mol. The molecule has 0 atom stereocenters. The SMILES string of the molecule is CC(C)c1ccc(OCC(=O)NCCOc2cccc(C(F)(F)F)c2)cc1. The van der Waals surface area contributed by atoms with Crippen molar-refractivity contribution in [3.8, 4) is 11.5 Å². The van der Waals surface area contributed by atoms with Crippen LogP contribution in [0.5, 0.6) is 11.5 Å². The standard InChI is InChI=1S/C20H22F3NO3/c1-14(2)15-6-8-17(9-7-15)27-13-19(25)24-10-11-26-18-5-3-4-16(12-18)20(21,22)23/h3-9,12,14H,10-11,13H2,1-2H3,(H,24,25). The Balaban J connectivity index is 1.69. The van der Waals surface area contributed by atoms with E-state index in [0.717, 1.165) is 12.1 Å². The highest BCUT2D eigenvalue weighted by atomic mass is 19.4. The lowest BCUT2D eigenvalue weighted by Gasteiger charge is -2.11. The van der Waals surface area contributed by atoms with Gasteiger partial charge in [-0.2, -0.15) is 13.2 Å². The summed E-state index contributed by atoms with van der Waals surface area (Å²) >= 11 is 0. The predicted molar refractivity (Wildman–Crippen MR) is 96.0 cm³/mol. The molecule has 0 aliphatic carbocycles. The summed E-state index contributed by atoms with van der Waals surface area (Å²) in [5.41, 5.74) is 0.402. The van der Waals surface area contributed by atoms with Crippen LogP contribution in [-0.2, 0) is 11.0 Å². The zero-order chi connectivity index (χ0) is 19.9. The topological polar surface area (TPSA) is 47.6 Å². The van der Waals surface area contributed by atoms with Crippen molar-refractivity contribution in [2.75, 3.05) is 19.8 Å². The van der Waals surface area contributed by atoms with Crippen LogP contribution in [0.4, 0.5) is 13.2 Å². The first-order chi connectivity index (χ1) is 12.8. The van der Waals surface area contributed by atoms with E-state index in [-0.39, 0.29) is 31.4 Å². The van der Waals surface area contributed by atoms with E-state index < -0.39 is 11.7 Å². The van der Waals surface area contributed by atoms with E-state index in [9.17, 15) is 18.0 Å². The average molecular weight is 381 g/mol. The number of amides is 1. The molecule has 1 N–H and O–H groups in total. The fourth-order valence-electron chi connectivity index (χ4n) is 2.27. The number of benzene rings is 2. The number of ether oxygens (including phenoxy) is 2. The van der Waals surface area contributed by atoms with Gasteiger partial charge in [0.05, 0.1) is 12.1 Å². The Morgan fingerprint density at radius 2 is 1.74 bits per heavy atom. The summed E-state index contributed by atoms with van der Waals surface area (Å²) in [4.78, 5) is 11.7. The van der Waals surface area contributed by atoms with Crippen molar-refractivity contribution >= 4 is 5.91 Å². The molecule has 146 valence electrons. The van der Waals surface area contributed by atoms with Crippen LogP contribution in [-0.4, -0.2) is 25.7 Å². The van der Waals surface area contributed by atoms with Gasteiger partial charge in [-0.1, -0.05) is 32.0 Å². The van der Waals surface area contributed by atoms with Crippen LogP contribution in [0.15, 0.2) is 48.5 Å². The zero-order valence-corrected chi connectivity index (χ0v) is 15.2. The van der Waals surface area contributed by atoms with E-state index in [1.807, 2.05) is 12.1 Å². The summed E-state index contributed by atoms with van der Waals surface area (Å²) in [6.45, 7) is 4.24. The van der Waals surface area contributed by atoms with Gasteiger partial charge < -0.3 is 14.8 Å². The average Bonchev–Trinajstić information content (AvgIpc) is 2.63. The molecule has 0 saturated carbocycles. The molecule has 0 heterocycles. The first-order valence-electron chi connectivity index (χ1n) is 8.55. The Kier molecular flexibility index (Phi) is 7.10. The van der Waals surface area contributed by atoms with Crippen molar-refractivity contribution < 1.29 is 27.4 Å². The first kappa shape index (κ1) is 20.6. The first-order valence-corrected chi connectivity index (χ1v) is 8.55. The van der Waals surface area contributed by atoms with Crippen LogP contribution in [0, 0.1) is 0 Å². The molecule has 27 heavy (non-hydrogen) atoms. The van der Waals surface area contributed by atoms with E-state index >= 15 is 0 Å². The van der Waals surface area contributed by atoms with Gasteiger partial charge >= 0.3 is 6.18 Å². The van der Waals surface area contributed by atoms with Gasteiger partial charge in [0, 0.05) is 0 Å². The summed E-state index contributed by atoms with van der Waals surface area (Å²) in [5.74, 6) is 0.769. The van der Waals surface area contributed by atoms with E-state index in [4.69, 9.17) is 9.47 Å². The number of rotatable bonds is 8. The van der Waals surface area contributed by atoms with Crippen LogP contribution in [0.3, 0.4) is 0 Å². The quantitative estimate of drug-likeness (QED) is 0.690. The normalized spacial score (nSPS) is 11.3. The molecule has 0 bridgehead atoms. The molecule has 0 aliphatic heterocycles. The van der Waals surface area contributed by atoms with Crippen molar-refractivity contribution in [3.63, 3.8) is 0 Å². The highest BCUT2D eigenvalue weighted by Crippen LogP contribution is 2.31. The Morgan fingerprint density at radius 1 is 1.04 bits per heavy atom. The Hall–Kier alpha value is -2.70. The van der Waals surface area contributed by atoms with E-state index in [0.29, 0.717) is 11.7 Å². The second-order valence-electron chi connectivity index (χ2n) is 6.24. The van der Waals surface area contributed by atoms with E-state index in [2.05, 4.69) is 19.2 Å². The Morgan fingerprint density at radius 3 is 2.37 bits per heavy atom. The number of carbonyl (C=O) groups excluding carboxylic acids is 1. The highest BCUT2D eigenvalue weighted by molar-refractivity contribution is 5.77. The number of hydrogen-bond donors (Lipinski definition) is 1. The summed E-state index contributed by atoms with van der Waals surface area (Å²) < 4.78 is 48.5. The second-order valence-corrected chi connectivity index (χ2v) is 6.24. The predicted octanol–water partition coefficient (Wildman–Crippen LogP) is 4.40. The van der Waals surface area contributed by atoms with Gasteiger partial charge in [-0.25, -0.2) is 0 Å². The number of nitrogens with one attached hydrogen (secondary N) is 1. The van der Waals surface area contributed by atoms with E-state index in [1.54, 1.807) is 12.1 Å². The Bertz CT molecular complexity index is 743. The maximum atomic E-state index is 12.6. The zero-order valence-electron chi connectivity index (χ0n) is 15.2. The monoisotopic (exact) mass is 381 g/mol. The molecular formula is C20H22F3NO3. The van der Waals surface area contributed by atoms with Crippen molar-refractivity contribution in [1.29, 1.82) is 0 Å². The maximum absolute atomic E-state index is 12.6. The Labute approximate surface area is 156 Å². The molecule has 0 aliphatic rings. The van der Waals surface area contributed by atoms with Gasteiger partial charge in [0.2, 0.25) is 0 Å². The largest absolute Gasteiger partial charge is 0.492 e. The number of hydrogen-bond acceptors (Lipinski definition) is 3. The fraction of sp³-hybridized carbons (Fsp3) is 0.350.